The average molecular weight is 272 g/mol. The molecule has 0 atom stereocenters. The molecule has 0 unspecified atom stereocenters. The van der Waals surface area contributed by atoms with Gasteiger partial charge in [-0.25, -0.2) is 0 Å². The Balaban J connectivity index is 1.61. The summed E-state index contributed by atoms with van der Waals surface area (Å²) in [4.78, 5) is 2.51. The molecule has 3 heteroatoms. The fourth-order valence-electron chi connectivity index (χ4n) is 3.10. The number of methoxy groups -OCH3 is 1. The highest BCUT2D eigenvalue weighted by Gasteiger charge is 2.13. The number of rotatable bonds is 4. The molecule has 1 N–H and O–H groups in total. The monoisotopic (exact) mass is 272 g/mol. The Labute approximate surface area is 121 Å². The molecule has 0 saturated carbocycles. The van der Waals surface area contributed by atoms with E-state index in [1.165, 1.54) is 28.7 Å². The van der Waals surface area contributed by atoms with Crippen molar-refractivity contribution in [3.63, 3.8) is 0 Å². The maximum absolute atomic E-state index is 5.20. The van der Waals surface area contributed by atoms with Gasteiger partial charge < -0.3 is 10.1 Å². The van der Waals surface area contributed by atoms with E-state index in [0.29, 0.717) is 0 Å². The van der Waals surface area contributed by atoms with Crippen molar-refractivity contribution >= 4 is 0 Å². The van der Waals surface area contributed by atoms with Gasteiger partial charge in [0.05, 0.1) is 6.61 Å². The lowest BCUT2D eigenvalue weighted by atomic mass is 9.98. The summed E-state index contributed by atoms with van der Waals surface area (Å²) < 4.78 is 5.20. The number of fused-ring (bicyclic) bond motifs is 1. The van der Waals surface area contributed by atoms with Crippen molar-refractivity contribution in [3.05, 3.63) is 46.5 Å². The van der Waals surface area contributed by atoms with E-state index in [2.05, 4.69) is 34.5 Å². The molecule has 3 rings (SSSR count). The molecule has 0 spiro atoms. The van der Waals surface area contributed by atoms with Gasteiger partial charge in [-0.2, -0.15) is 0 Å². The lowest BCUT2D eigenvalue weighted by molar-refractivity contribution is 0.210. The van der Waals surface area contributed by atoms with E-state index in [9.17, 15) is 0 Å². The molecule has 1 aromatic rings. The second kappa shape index (κ2) is 6.53. The smallest absolute Gasteiger partial charge is 0.0673 e. The normalized spacial score (nSPS) is 19.6. The van der Waals surface area contributed by atoms with Gasteiger partial charge in [0.1, 0.15) is 0 Å². The van der Waals surface area contributed by atoms with E-state index < -0.39 is 0 Å². The molecule has 108 valence electrons. The van der Waals surface area contributed by atoms with Crippen molar-refractivity contribution in [2.45, 2.75) is 25.9 Å². The largest absolute Gasteiger partial charge is 0.380 e. The highest BCUT2D eigenvalue weighted by Crippen LogP contribution is 2.19. The van der Waals surface area contributed by atoms with E-state index in [4.69, 9.17) is 4.74 Å². The zero-order valence-corrected chi connectivity index (χ0v) is 12.3. The first-order chi connectivity index (χ1) is 9.85. The van der Waals surface area contributed by atoms with Crippen LogP contribution in [-0.2, 0) is 24.2 Å². The van der Waals surface area contributed by atoms with Crippen molar-refractivity contribution in [2.75, 3.05) is 33.4 Å². The van der Waals surface area contributed by atoms with Crippen LogP contribution >= 0.6 is 0 Å². The number of benzene rings is 1. The average Bonchev–Trinajstić information content (AvgIpc) is 2.49. The summed E-state index contributed by atoms with van der Waals surface area (Å²) in [5.41, 5.74) is 5.89. The summed E-state index contributed by atoms with van der Waals surface area (Å²) >= 11 is 0. The summed E-state index contributed by atoms with van der Waals surface area (Å²) in [5.74, 6) is 0. The van der Waals surface area contributed by atoms with Gasteiger partial charge in [-0.1, -0.05) is 24.3 Å². The SMILES string of the molecule is COCC1=CCN(Cc2ccc3c(c2)CNCC3)CC1. The molecular formula is C17H24N2O. The third-order valence-corrected chi connectivity index (χ3v) is 4.28. The summed E-state index contributed by atoms with van der Waals surface area (Å²) in [5, 5.41) is 3.45. The summed E-state index contributed by atoms with van der Waals surface area (Å²) in [6.45, 7) is 6.19. The number of hydrogen-bond donors (Lipinski definition) is 1. The maximum atomic E-state index is 5.20. The van der Waals surface area contributed by atoms with Crippen LogP contribution in [0.5, 0.6) is 0 Å². The fourth-order valence-corrected chi connectivity index (χ4v) is 3.10. The van der Waals surface area contributed by atoms with Gasteiger partial charge in [-0.3, -0.25) is 4.90 Å². The Morgan fingerprint density at radius 1 is 1.25 bits per heavy atom. The van der Waals surface area contributed by atoms with Crippen molar-refractivity contribution in [1.82, 2.24) is 10.2 Å². The van der Waals surface area contributed by atoms with Crippen LogP contribution in [0.15, 0.2) is 29.8 Å². The molecule has 20 heavy (non-hydrogen) atoms. The van der Waals surface area contributed by atoms with Crippen LogP contribution in [0.2, 0.25) is 0 Å². The second-order valence-electron chi connectivity index (χ2n) is 5.81. The van der Waals surface area contributed by atoms with Crippen LogP contribution in [0, 0.1) is 0 Å². The van der Waals surface area contributed by atoms with Gasteiger partial charge in [0.15, 0.2) is 0 Å². The molecule has 0 saturated heterocycles. The Bertz CT molecular complexity index is 496. The van der Waals surface area contributed by atoms with Gasteiger partial charge in [0, 0.05) is 33.3 Å². The summed E-state index contributed by atoms with van der Waals surface area (Å²) in [6, 6.07) is 7.01. The van der Waals surface area contributed by atoms with Crippen LogP contribution in [0.25, 0.3) is 0 Å². The van der Waals surface area contributed by atoms with Gasteiger partial charge >= 0.3 is 0 Å². The number of ether oxygens (including phenoxy) is 1. The second-order valence-corrected chi connectivity index (χ2v) is 5.81. The molecular weight excluding hydrogens is 248 g/mol. The standard InChI is InChI=1S/C17H24N2O/c1-20-13-14-5-8-19(9-6-14)12-15-2-3-16-4-7-18-11-17(16)10-15/h2-3,5,10,18H,4,6-9,11-13H2,1H3. The molecule has 1 aromatic carbocycles. The lowest BCUT2D eigenvalue weighted by Gasteiger charge is -2.27. The molecule has 2 heterocycles. The number of hydrogen-bond acceptors (Lipinski definition) is 3. The molecule has 0 bridgehead atoms. The first kappa shape index (κ1) is 13.8. The minimum absolute atomic E-state index is 0.790. The van der Waals surface area contributed by atoms with Crippen molar-refractivity contribution < 1.29 is 4.74 Å². The Morgan fingerprint density at radius 3 is 3.00 bits per heavy atom. The van der Waals surface area contributed by atoms with Crippen molar-refractivity contribution in [1.29, 1.82) is 0 Å². The topological polar surface area (TPSA) is 24.5 Å². The maximum Gasteiger partial charge on any atom is 0.0673 e. The highest BCUT2D eigenvalue weighted by atomic mass is 16.5. The summed E-state index contributed by atoms with van der Waals surface area (Å²) in [7, 11) is 1.77. The van der Waals surface area contributed by atoms with E-state index in [1.54, 1.807) is 7.11 Å². The van der Waals surface area contributed by atoms with E-state index >= 15 is 0 Å². The van der Waals surface area contributed by atoms with Crippen molar-refractivity contribution in [2.24, 2.45) is 0 Å². The van der Waals surface area contributed by atoms with Gasteiger partial charge in [-0.15, -0.1) is 0 Å². The van der Waals surface area contributed by atoms with Crippen LogP contribution in [-0.4, -0.2) is 38.3 Å². The number of nitrogens with one attached hydrogen (secondary N) is 1. The van der Waals surface area contributed by atoms with Gasteiger partial charge in [0.2, 0.25) is 0 Å². The quantitative estimate of drug-likeness (QED) is 0.850. The number of nitrogens with zero attached hydrogens (tertiary/aromatic N) is 1. The van der Waals surface area contributed by atoms with Crippen LogP contribution < -0.4 is 5.32 Å². The molecule has 0 aromatic heterocycles. The molecule has 3 nitrogen and oxygen atoms in total. The molecule has 0 amide bonds. The van der Waals surface area contributed by atoms with Crippen LogP contribution in [0.1, 0.15) is 23.1 Å². The van der Waals surface area contributed by atoms with Crippen LogP contribution in [0.3, 0.4) is 0 Å². The predicted octanol–water partition coefficient (Wildman–Crippen LogP) is 2.11. The minimum Gasteiger partial charge on any atom is -0.380 e. The van der Waals surface area contributed by atoms with Crippen molar-refractivity contribution in [3.8, 4) is 0 Å². The first-order valence-electron chi connectivity index (χ1n) is 7.56. The summed E-state index contributed by atoms with van der Waals surface area (Å²) in [6.07, 6.45) is 4.63. The Kier molecular flexibility index (Phi) is 4.51. The zero-order valence-electron chi connectivity index (χ0n) is 12.3. The third-order valence-electron chi connectivity index (χ3n) is 4.28. The minimum atomic E-state index is 0.790. The first-order valence-corrected chi connectivity index (χ1v) is 7.56. The molecule has 0 radical (unpaired) electrons. The molecule has 0 aliphatic carbocycles. The fraction of sp³-hybridized carbons (Fsp3) is 0.529. The van der Waals surface area contributed by atoms with Gasteiger partial charge in [0.25, 0.3) is 0 Å². The highest BCUT2D eigenvalue weighted by molar-refractivity contribution is 5.33. The van der Waals surface area contributed by atoms with Crippen LogP contribution in [0.4, 0.5) is 0 Å². The molecule has 2 aliphatic rings. The lowest BCUT2D eigenvalue weighted by Crippen LogP contribution is -2.29. The van der Waals surface area contributed by atoms with E-state index in [0.717, 1.165) is 45.8 Å². The molecule has 2 aliphatic heterocycles. The van der Waals surface area contributed by atoms with Gasteiger partial charge in [-0.05, 0) is 41.6 Å². The predicted molar refractivity (Wildman–Crippen MR) is 81.7 cm³/mol. The molecule has 0 fully saturated rings. The zero-order chi connectivity index (χ0) is 13.8. The third kappa shape index (κ3) is 3.29. The van der Waals surface area contributed by atoms with E-state index in [1.807, 2.05) is 0 Å². The Hall–Kier alpha value is -1.16. The Morgan fingerprint density at radius 2 is 2.20 bits per heavy atom. The van der Waals surface area contributed by atoms with E-state index in [-0.39, 0.29) is 0 Å².